The van der Waals surface area contributed by atoms with Gasteiger partial charge in [-0.2, -0.15) is 0 Å². The molecule has 80 valence electrons. The van der Waals surface area contributed by atoms with E-state index in [1.165, 1.54) is 6.42 Å². The number of carbonyl (C=O) groups is 1. The second-order valence-corrected chi connectivity index (χ2v) is 4.44. The second-order valence-electron chi connectivity index (χ2n) is 4.44. The Bertz CT molecular complexity index is 217. The second kappa shape index (κ2) is 3.99. The fourth-order valence-corrected chi connectivity index (χ4v) is 2.42. The number of methoxy groups -OCH3 is 1. The summed E-state index contributed by atoms with van der Waals surface area (Å²) in [6.07, 6.45) is 5.07. The molecule has 0 atom stereocenters. The summed E-state index contributed by atoms with van der Waals surface area (Å²) in [5.41, 5.74) is -0.448. The van der Waals surface area contributed by atoms with Crippen molar-refractivity contribution >= 4 is 5.78 Å². The summed E-state index contributed by atoms with van der Waals surface area (Å²) in [7, 11) is 1.68. The lowest BCUT2D eigenvalue weighted by molar-refractivity contribution is -0.151. The first-order chi connectivity index (χ1) is 6.78. The van der Waals surface area contributed by atoms with Crippen LogP contribution < -0.4 is 5.32 Å². The average molecular weight is 197 g/mol. The monoisotopic (exact) mass is 197 g/mol. The highest BCUT2D eigenvalue weighted by Crippen LogP contribution is 2.35. The van der Waals surface area contributed by atoms with Gasteiger partial charge in [0.05, 0.1) is 0 Å². The Kier molecular flexibility index (Phi) is 2.88. The topological polar surface area (TPSA) is 38.3 Å². The zero-order valence-corrected chi connectivity index (χ0v) is 8.84. The minimum absolute atomic E-state index is 0.299. The van der Waals surface area contributed by atoms with E-state index in [9.17, 15) is 4.79 Å². The standard InChI is InChI=1S/C11H19NO2/c1-14-11(5-7-12-8-6-11)10(13)9-3-2-4-9/h9,12H,2-8H2,1H3. The van der Waals surface area contributed by atoms with Crippen molar-refractivity contribution in [1.82, 2.24) is 5.32 Å². The van der Waals surface area contributed by atoms with Crippen LogP contribution in [-0.2, 0) is 9.53 Å². The molecule has 0 aromatic rings. The van der Waals surface area contributed by atoms with Crippen LogP contribution in [0.5, 0.6) is 0 Å². The Hall–Kier alpha value is -0.410. The Balaban J connectivity index is 2.05. The van der Waals surface area contributed by atoms with E-state index >= 15 is 0 Å². The number of rotatable bonds is 3. The molecule has 1 heterocycles. The van der Waals surface area contributed by atoms with E-state index < -0.39 is 5.60 Å². The number of Topliss-reactive ketones (excluding diaryl/α,β-unsaturated/α-hetero) is 1. The van der Waals surface area contributed by atoms with Gasteiger partial charge in [0.25, 0.3) is 0 Å². The van der Waals surface area contributed by atoms with Crippen LogP contribution >= 0.6 is 0 Å². The SMILES string of the molecule is COC1(C(=O)C2CCC2)CCNCC1. The quantitative estimate of drug-likeness (QED) is 0.737. The highest BCUT2D eigenvalue weighted by atomic mass is 16.5. The van der Waals surface area contributed by atoms with E-state index in [4.69, 9.17) is 4.74 Å². The normalized spacial score (nSPS) is 26.9. The van der Waals surface area contributed by atoms with Gasteiger partial charge in [-0.15, -0.1) is 0 Å². The number of nitrogens with one attached hydrogen (secondary N) is 1. The van der Waals surface area contributed by atoms with Gasteiger partial charge in [0.1, 0.15) is 5.60 Å². The van der Waals surface area contributed by atoms with E-state index in [2.05, 4.69) is 5.32 Å². The van der Waals surface area contributed by atoms with E-state index in [0.717, 1.165) is 38.8 Å². The molecule has 1 aliphatic carbocycles. The van der Waals surface area contributed by atoms with E-state index in [1.807, 2.05) is 0 Å². The average Bonchev–Trinajstić information content (AvgIpc) is 2.16. The summed E-state index contributed by atoms with van der Waals surface area (Å²) >= 11 is 0. The third-order valence-electron chi connectivity index (χ3n) is 3.73. The maximum atomic E-state index is 12.2. The van der Waals surface area contributed by atoms with Crippen molar-refractivity contribution in [1.29, 1.82) is 0 Å². The van der Waals surface area contributed by atoms with Crippen molar-refractivity contribution in [3.8, 4) is 0 Å². The molecule has 2 rings (SSSR count). The largest absolute Gasteiger partial charge is 0.370 e. The molecule has 14 heavy (non-hydrogen) atoms. The van der Waals surface area contributed by atoms with Crippen LogP contribution in [0.25, 0.3) is 0 Å². The molecule has 3 nitrogen and oxygen atoms in total. The van der Waals surface area contributed by atoms with Crippen LogP contribution in [0.1, 0.15) is 32.1 Å². The number of carbonyl (C=O) groups excluding carboxylic acids is 1. The zero-order chi connectivity index (χ0) is 10.0. The minimum Gasteiger partial charge on any atom is -0.370 e. The molecule has 0 aromatic heterocycles. The molecule has 1 saturated carbocycles. The Morgan fingerprint density at radius 3 is 2.43 bits per heavy atom. The number of hydrogen-bond acceptors (Lipinski definition) is 3. The first kappa shape index (κ1) is 10.1. The predicted molar refractivity (Wildman–Crippen MR) is 54.2 cm³/mol. The molecule has 0 spiro atoms. The fraction of sp³-hybridized carbons (Fsp3) is 0.909. The number of piperidine rings is 1. The molecule has 1 saturated heterocycles. The van der Waals surface area contributed by atoms with Gasteiger partial charge in [-0.25, -0.2) is 0 Å². The minimum atomic E-state index is -0.448. The smallest absolute Gasteiger partial charge is 0.167 e. The van der Waals surface area contributed by atoms with Crippen molar-refractivity contribution in [3.05, 3.63) is 0 Å². The zero-order valence-electron chi connectivity index (χ0n) is 8.84. The fourth-order valence-electron chi connectivity index (χ4n) is 2.42. The molecule has 2 aliphatic rings. The number of hydrogen-bond donors (Lipinski definition) is 1. The summed E-state index contributed by atoms with van der Waals surface area (Å²) in [4.78, 5) is 12.2. The van der Waals surface area contributed by atoms with Crippen molar-refractivity contribution in [3.63, 3.8) is 0 Å². The Labute approximate surface area is 85.2 Å². The Morgan fingerprint density at radius 1 is 1.36 bits per heavy atom. The highest BCUT2D eigenvalue weighted by molar-refractivity contribution is 5.90. The molecule has 0 bridgehead atoms. The van der Waals surface area contributed by atoms with Gasteiger partial charge in [0, 0.05) is 13.0 Å². The molecule has 3 heteroatoms. The Morgan fingerprint density at radius 2 is 2.00 bits per heavy atom. The van der Waals surface area contributed by atoms with Gasteiger partial charge in [-0.3, -0.25) is 4.79 Å². The van der Waals surface area contributed by atoms with Gasteiger partial charge in [-0.05, 0) is 38.8 Å². The van der Waals surface area contributed by atoms with Gasteiger partial charge < -0.3 is 10.1 Å². The third-order valence-corrected chi connectivity index (χ3v) is 3.73. The molecule has 0 amide bonds. The van der Waals surface area contributed by atoms with Gasteiger partial charge in [0.15, 0.2) is 5.78 Å². The molecule has 0 unspecified atom stereocenters. The lowest BCUT2D eigenvalue weighted by Crippen LogP contribution is -2.52. The van der Waals surface area contributed by atoms with Gasteiger partial charge in [-0.1, -0.05) is 6.42 Å². The van der Waals surface area contributed by atoms with Crippen molar-refractivity contribution in [2.45, 2.75) is 37.7 Å². The predicted octanol–water partition coefficient (Wildman–Crippen LogP) is 1.12. The van der Waals surface area contributed by atoms with Gasteiger partial charge in [0.2, 0.25) is 0 Å². The van der Waals surface area contributed by atoms with E-state index in [0.29, 0.717) is 11.7 Å². The lowest BCUT2D eigenvalue weighted by Gasteiger charge is -2.39. The van der Waals surface area contributed by atoms with Crippen LogP contribution in [0.2, 0.25) is 0 Å². The molecule has 1 aliphatic heterocycles. The number of ketones is 1. The van der Waals surface area contributed by atoms with Crippen LogP contribution in [0, 0.1) is 5.92 Å². The number of ether oxygens (including phenoxy) is 1. The maximum Gasteiger partial charge on any atom is 0.167 e. The van der Waals surface area contributed by atoms with E-state index in [1.54, 1.807) is 7.11 Å². The summed E-state index contributed by atoms with van der Waals surface area (Å²) in [5, 5.41) is 3.27. The molecule has 0 radical (unpaired) electrons. The summed E-state index contributed by atoms with van der Waals surface area (Å²) in [6, 6.07) is 0. The molecule has 0 aromatic carbocycles. The van der Waals surface area contributed by atoms with Crippen LogP contribution in [0.15, 0.2) is 0 Å². The van der Waals surface area contributed by atoms with E-state index in [-0.39, 0.29) is 0 Å². The van der Waals surface area contributed by atoms with Crippen molar-refractivity contribution in [2.24, 2.45) is 5.92 Å². The van der Waals surface area contributed by atoms with Crippen molar-refractivity contribution in [2.75, 3.05) is 20.2 Å². The molecule has 2 fully saturated rings. The summed E-state index contributed by atoms with van der Waals surface area (Å²) < 4.78 is 5.51. The molecular weight excluding hydrogens is 178 g/mol. The van der Waals surface area contributed by atoms with Crippen LogP contribution in [-0.4, -0.2) is 31.6 Å². The first-order valence-electron chi connectivity index (χ1n) is 5.59. The lowest BCUT2D eigenvalue weighted by atomic mass is 9.73. The van der Waals surface area contributed by atoms with Crippen LogP contribution in [0.4, 0.5) is 0 Å². The summed E-state index contributed by atoms with van der Waals surface area (Å²) in [6.45, 7) is 1.82. The van der Waals surface area contributed by atoms with Gasteiger partial charge >= 0.3 is 0 Å². The van der Waals surface area contributed by atoms with Crippen molar-refractivity contribution < 1.29 is 9.53 Å². The molecule has 1 N–H and O–H groups in total. The summed E-state index contributed by atoms with van der Waals surface area (Å²) in [5.74, 6) is 0.667. The first-order valence-corrected chi connectivity index (χ1v) is 5.59. The highest BCUT2D eigenvalue weighted by Gasteiger charge is 2.44. The molecular formula is C11H19NO2. The maximum absolute atomic E-state index is 12.2. The third kappa shape index (κ3) is 1.59. The van der Waals surface area contributed by atoms with Crippen LogP contribution in [0.3, 0.4) is 0 Å².